The maximum absolute atomic E-state index is 12.2. The first kappa shape index (κ1) is 16.2. The van der Waals surface area contributed by atoms with Gasteiger partial charge in [0.1, 0.15) is 0 Å². The third-order valence-corrected chi connectivity index (χ3v) is 4.36. The van der Waals surface area contributed by atoms with Gasteiger partial charge in [0.25, 0.3) is 5.91 Å². The van der Waals surface area contributed by atoms with Crippen LogP contribution in [-0.2, 0) is 0 Å². The predicted octanol–water partition coefficient (Wildman–Crippen LogP) is 4.75. The Morgan fingerprint density at radius 2 is 2.00 bits per heavy atom. The van der Waals surface area contributed by atoms with E-state index in [2.05, 4.69) is 67.0 Å². The molecule has 0 aliphatic heterocycles. The van der Waals surface area contributed by atoms with E-state index in [0.717, 1.165) is 20.7 Å². The summed E-state index contributed by atoms with van der Waals surface area (Å²) in [7, 11) is 0. The topological polar surface area (TPSA) is 29.1 Å². The van der Waals surface area contributed by atoms with Crippen molar-refractivity contribution in [2.24, 2.45) is 5.92 Å². The van der Waals surface area contributed by atoms with Crippen LogP contribution in [-0.4, -0.2) is 17.3 Å². The van der Waals surface area contributed by atoms with Gasteiger partial charge in [-0.25, -0.2) is 0 Å². The van der Waals surface area contributed by atoms with Gasteiger partial charge in [-0.3, -0.25) is 4.79 Å². The van der Waals surface area contributed by atoms with E-state index in [-0.39, 0.29) is 11.9 Å². The van der Waals surface area contributed by atoms with E-state index < -0.39 is 0 Å². The molecule has 1 atom stereocenters. The van der Waals surface area contributed by atoms with E-state index >= 15 is 0 Å². The summed E-state index contributed by atoms with van der Waals surface area (Å²) in [6.07, 6.45) is 0.926. The van der Waals surface area contributed by atoms with Gasteiger partial charge < -0.3 is 5.32 Å². The molecular formula is C13H16Br3NO. The number of amides is 1. The molecule has 1 unspecified atom stereocenters. The Labute approximate surface area is 133 Å². The van der Waals surface area contributed by atoms with E-state index in [1.165, 1.54) is 0 Å². The zero-order chi connectivity index (χ0) is 13.7. The Hall–Kier alpha value is 0.130. The highest BCUT2D eigenvalue weighted by Gasteiger charge is 2.18. The molecule has 100 valence electrons. The Bertz CT molecular complexity index is 421. The molecule has 1 aromatic carbocycles. The average molecular weight is 442 g/mol. The first-order valence-corrected chi connectivity index (χ1v) is 8.48. The molecular weight excluding hydrogens is 426 g/mol. The van der Waals surface area contributed by atoms with Crippen LogP contribution in [0.15, 0.2) is 27.1 Å². The second kappa shape index (κ2) is 7.65. The Morgan fingerprint density at radius 3 is 2.56 bits per heavy atom. The number of carbonyl (C=O) groups is 1. The van der Waals surface area contributed by atoms with Crippen LogP contribution in [0.5, 0.6) is 0 Å². The monoisotopic (exact) mass is 439 g/mol. The van der Waals surface area contributed by atoms with E-state index in [4.69, 9.17) is 0 Å². The molecule has 0 aromatic heterocycles. The minimum absolute atomic E-state index is 0.0391. The highest BCUT2D eigenvalue weighted by molar-refractivity contribution is 9.11. The standard InChI is InChI=1S/C13H16Br3NO/c1-8(2)12(5-6-14)17-13(18)10-7-9(15)3-4-11(10)16/h3-4,7-8,12H,5-6H2,1-2H3,(H,17,18). The van der Waals surface area contributed by atoms with Gasteiger partial charge in [0.05, 0.1) is 5.56 Å². The molecule has 5 heteroatoms. The lowest BCUT2D eigenvalue weighted by Gasteiger charge is -2.22. The molecule has 0 radical (unpaired) electrons. The van der Waals surface area contributed by atoms with Crippen molar-refractivity contribution in [1.29, 1.82) is 0 Å². The minimum Gasteiger partial charge on any atom is -0.349 e. The van der Waals surface area contributed by atoms with Crippen molar-refractivity contribution in [3.8, 4) is 0 Å². The fourth-order valence-electron chi connectivity index (χ4n) is 1.61. The molecule has 0 bridgehead atoms. The van der Waals surface area contributed by atoms with E-state index in [1.807, 2.05) is 18.2 Å². The van der Waals surface area contributed by atoms with E-state index in [1.54, 1.807) is 0 Å². The van der Waals surface area contributed by atoms with Gasteiger partial charge in [-0.1, -0.05) is 45.7 Å². The van der Waals surface area contributed by atoms with Gasteiger partial charge in [-0.2, -0.15) is 0 Å². The molecule has 1 rings (SSSR count). The molecule has 1 N–H and O–H groups in total. The Morgan fingerprint density at radius 1 is 1.33 bits per heavy atom. The fourth-order valence-corrected chi connectivity index (χ4v) is 2.89. The summed E-state index contributed by atoms with van der Waals surface area (Å²) >= 11 is 10.2. The van der Waals surface area contributed by atoms with Crippen LogP contribution in [0.2, 0.25) is 0 Å². The SMILES string of the molecule is CC(C)C(CCBr)NC(=O)c1cc(Br)ccc1Br. The van der Waals surface area contributed by atoms with Crippen molar-refractivity contribution in [2.75, 3.05) is 5.33 Å². The molecule has 0 spiro atoms. The lowest BCUT2D eigenvalue weighted by atomic mass is 10.0. The Kier molecular flexibility index (Phi) is 6.88. The van der Waals surface area contributed by atoms with Gasteiger partial charge in [-0.05, 0) is 46.5 Å². The summed E-state index contributed by atoms with van der Waals surface area (Å²) in [4.78, 5) is 12.2. The van der Waals surface area contributed by atoms with Gasteiger partial charge in [0.2, 0.25) is 0 Å². The Balaban J connectivity index is 2.83. The van der Waals surface area contributed by atoms with Crippen LogP contribution in [0.3, 0.4) is 0 Å². The van der Waals surface area contributed by atoms with Crippen LogP contribution in [0.1, 0.15) is 30.6 Å². The molecule has 1 amide bonds. The van der Waals surface area contributed by atoms with Crippen LogP contribution in [0.4, 0.5) is 0 Å². The zero-order valence-corrected chi connectivity index (χ0v) is 15.1. The maximum Gasteiger partial charge on any atom is 0.252 e. The quantitative estimate of drug-likeness (QED) is 0.656. The second-order valence-corrected chi connectivity index (χ2v) is 6.99. The van der Waals surface area contributed by atoms with Crippen LogP contribution < -0.4 is 5.32 Å². The van der Waals surface area contributed by atoms with Gasteiger partial charge >= 0.3 is 0 Å². The van der Waals surface area contributed by atoms with Crippen molar-refractivity contribution in [2.45, 2.75) is 26.3 Å². The average Bonchev–Trinajstić information content (AvgIpc) is 2.31. The summed E-state index contributed by atoms with van der Waals surface area (Å²) in [5.41, 5.74) is 0.657. The number of carbonyl (C=O) groups excluding carboxylic acids is 1. The lowest BCUT2D eigenvalue weighted by Crippen LogP contribution is -2.39. The number of benzene rings is 1. The van der Waals surface area contributed by atoms with Crippen molar-refractivity contribution < 1.29 is 4.79 Å². The molecule has 0 aliphatic carbocycles. The van der Waals surface area contributed by atoms with E-state index in [0.29, 0.717) is 11.5 Å². The molecule has 18 heavy (non-hydrogen) atoms. The predicted molar refractivity (Wildman–Crippen MR) is 86.3 cm³/mol. The second-order valence-electron chi connectivity index (χ2n) is 4.43. The van der Waals surface area contributed by atoms with Crippen LogP contribution in [0, 0.1) is 5.92 Å². The summed E-state index contributed by atoms with van der Waals surface area (Å²) in [5, 5.41) is 3.97. The van der Waals surface area contributed by atoms with Crippen LogP contribution >= 0.6 is 47.8 Å². The number of nitrogens with one attached hydrogen (secondary N) is 1. The fraction of sp³-hybridized carbons (Fsp3) is 0.462. The largest absolute Gasteiger partial charge is 0.349 e. The molecule has 0 saturated heterocycles. The minimum atomic E-state index is -0.0391. The van der Waals surface area contributed by atoms with Crippen molar-refractivity contribution in [3.05, 3.63) is 32.7 Å². The highest BCUT2D eigenvalue weighted by Crippen LogP contribution is 2.22. The first-order valence-electron chi connectivity index (χ1n) is 5.77. The van der Waals surface area contributed by atoms with Crippen molar-refractivity contribution in [3.63, 3.8) is 0 Å². The summed E-state index contributed by atoms with van der Waals surface area (Å²) in [6, 6.07) is 5.78. The molecule has 0 saturated carbocycles. The third kappa shape index (κ3) is 4.67. The third-order valence-electron chi connectivity index (χ3n) is 2.71. The number of rotatable bonds is 5. The molecule has 2 nitrogen and oxygen atoms in total. The summed E-state index contributed by atoms with van der Waals surface area (Å²) < 4.78 is 1.71. The molecule has 0 fully saturated rings. The molecule has 0 aliphatic rings. The number of halogens is 3. The number of hydrogen-bond donors (Lipinski definition) is 1. The summed E-state index contributed by atoms with van der Waals surface area (Å²) in [6.45, 7) is 4.23. The van der Waals surface area contributed by atoms with E-state index in [9.17, 15) is 4.79 Å². The van der Waals surface area contributed by atoms with Crippen molar-refractivity contribution >= 4 is 53.7 Å². The highest BCUT2D eigenvalue weighted by atomic mass is 79.9. The maximum atomic E-state index is 12.2. The van der Waals surface area contributed by atoms with Gasteiger partial charge in [0, 0.05) is 20.3 Å². The number of alkyl halides is 1. The van der Waals surface area contributed by atoms with Crippen LogP contribution in [0.25, 0.3) is 0 Å². The molecule has 1 aromatic rings. The smallest absolute Gasteiger partial charge is 0.252 e. The van der Waals surface area contributed by atoms with Gasteiger partial charge in [0.15, 0.2) is 0 Å². The molecule has 0 heterocycles. The zero-order valence-electron chi connectivity index (χ0n) is 10.3. The number of hydrogen-bond acceptors (Lipinski definition) is 1. The lowest BCUT2D eigenvalue weighted by molar-refractivity contribution is 0.0924. The first-order chi connectivity index (χ1) is 8.45. The normalized spacial score (nSPS) is 12.6. The van der Waals surface area contributed by atoms with Gasteiger partial charge in [-0.15, -0.1) is 0 Å². The van der Waals surface area contributed by atoms with Crippen molar-refractivity contribution in [1.82, 2.24) is 5.32 Å². The summed E-state index contributed by atoms with van der Waals surface area (Å²) in [5.74, 6) is 0.375.